The average molecular weight is 367 g/mol. The third-order valence-corrected chi connectivity index (χ3v) is 7.05. The van der Waals surface area contributed by atoms with Crippen LogP contribution in [0.5, 0.6) is 0 Å². The molecule has 0 N–H and O–H groups in total. The van der Waals surface area contributed by atoms with Crippen LogP contribution < -0.4 is 5.11 Å². The van der Waals surface area contributed by atoms with Gasteiger partial charge in [0.1, 0.15) is 0 Å². The molecule has 0 heterocycles. The van der Waals surface area contributed by atoms with Crippen LogP contribution in [-0.2, 0) is 24.3 Å². The van der Waals surface area contributed by atoms with Crippen molar-refractivity contribution >= 4 is 5.97 Å². The zero-order chi connectivity index (χ0) is 16.1. The van der Waals surface area contributed by atoms with Crippen molar-refractivity contribution in [2.45, 2.75) is 66.2 Å². The van der Waals surface area contributed by atoms with E-state index in [-0.39, 0.29) is 30.8 Å². The molecule has 0 amide bonds. The van der Waals surface area contributed by atoms with Crippen molar-refractivity contribution in [3.8, 4) is 0 Å². The molecule has 0 unspecified atom stereocenters. The molecule has 0 aromatic rings. The van der Waals surface area contributed by atoms with E-state index in [0.29, 0.717) is 11.8 Å². The van der Waals surface area contributed by atoms with Gasteiger partial charge in [-0.05, 0) is 60.8 Å². The third-order valence-electron chi connectivity index (χ3n) is 7.05. The van der Waals surface area contributed by atoms with Crippen molar-refractivity contribution in [3.05, 3.63) is 23.3 Å². The zero-order valence-electron chi connectivity index (χ0n) is 15.2. The molecule has 0 radical (unpaired) electrons. The largest absolute Gasteiger partial charge is 2.00 e. The van der Waals surface area contributed by atoms with Crippen molar-refractivity contribution in [3.63, 3.8) is 0 Å². The van der Waals surface area contributed by atoms with Gasteiger partial charge in [-0.1, -0.05) is 51.8 Å². The van der Waals surface area contributed by atoms with Gasteiger partial charge in [-0.15, -0.1) is 0 Å². The van der Waals surface area contributed by atoms with Crippen LogP contribution in [0.4, 0.5) is 0 Å². The summed E-state index contributed by atoms with van der Waals surface area (Å²) < 4.78 is 0. The van der Waals surface area contributed by atoms with Gasteiger partial charge in [-0.25, -0.2) is 0 Å². The van der Waals surface area contributed by atoms with Gasteiger partial charge in [-0.2, -0.15) is 0 Å². The fraction of sp³-hybridized carbons (Fsp3) is 0.750. The Morgan fingerprint density at radius 3 is 2.61 bits per heavy atom. The van der Waals surface area contributed by atoms with Crippen LogP contribution in [-0.4, -0.2) is 5.97 Å². The quantitative estimate of drug-likeness (QED) is 0.696. The molecule has 0 bridgehead atoms. The number of carbonyl (C=O) groups excluding carboxylic acids is 1. The Labute approximate surface area is 153 Å². The van der Waals surface area contributed by atoms with Gasteiger partial charge in [0.05, 0.1) is 0 Å². The fourth-order valence-electron chi connectivity index (χ4n) is 5.59. The molecule has 122 valence electrons. The van der Waals surface area contributed by atoms with Crippen molar-refractivity contribution in [2.75, 3.05) is 0 Å². The van der Waals surface area contributed by atoms with Crippen LogP contribution in [0.1, 0.15) is 66.2 Å². The summed E-state index contributed by atoms with van der Waals surface area (Å²) in [5.41, 5.74) is 2.51. The minimum atomic E-state index is -0.838. The number of aliphatic carboxylic acids is 1. The predicted octanol–water partition coefficient (Wildman–Crippen LogP) is 3.87. The number of rotatable bonds is 2. The van der Waals surface area contributed by atoms with E-state index in [9.17, 15) is 9.90 Å². The number of fused-ring (bicyclic) bond motifs is 3. The summed E-state index contributed by atoms with van der Waals surface area (Å²) in [5, 5.41) is 11.8. The first-order valence-electron chi connectivity index (χ1n) is 8.91. The molecule has 3 aliphatic rings. The summed E-state index contributed by atoms with van der Waals surface area (Å²) in [6.07, 6.45) is 11.0. The van der Waals surface area contributed by atoms with E-state index in [4.69, 9.17) is 0 Å². The van der Waals surface area contributed by atoms with E-state index in [1.807, 2.05) is 6.92 Å². The van der Waals surface area contributed by atoms with Crippen LogP contribution in [0.15, 0.2) is 23.3 Å². The summed E-state index contributed by atoms with van der Waals surface area (Å²) in [5.74, 6) is 0.538. The van der Waals surface area contributed by atoms with Gasteiger partial charge in [0, 0.05) is 11.4 Å². The number of carboxylic acids is 1. The molecule has 3 aliphatic carbocycles. The number of hydrogen-bond acceptors (Lipinski definition) is 2. The second-order valence-corrected chi connectivity index (χ2v) is 8.52. The fourth-order valence-corrected chi connectivity index (χ4v) is 5.59. The molecule has 3 heteroatoms. The van der Waals surface area contributed by atoms with Gasteiger partial charge in [0.15, 0.2) is 0 Å². The van der Waals surface area contributed by atoms with Crippen molar-refractivity contribution in [2.24, 2.45) is 28.6 Å². The second kappa shape index (κ2) is 6.47. The molecule has 0 aliphatic heterocycles. The Bertz CT molecular complexity index is 548. The van der Waals surface area contributed by atoms with Crippen LogP contribution in [0.3, 0.4) is 0 Å². The zero-order valence-corrected chi connectivity index (χ0v) is 18.1. The summed E-state index contributed by atoms with van der Waals surface area (Å²) in [4.78, 5) is 11.8. The molecule has 0 saturated heterocycles. The molecule has 4 atom stereocenters. The van der Waals surface area contributed by atoms with Gasteiger partial charge in [0.2, 0.25) is 0 Å². The first-order valence-corrected chi connectivity index (χ1v) is 8.91. The van der Waals surface area contributed by atoms with Crippen LogP contribution in [0.25, 0.3) is 0 Å². The minimum Gasteiger partial charge on any atom is -0.550 e. The van der Waals surface area contributed by atoms with Crippen LogP contribution >= 0.6 is 0 Å². The maximum atomic E-state index is 11.8. The Morgan fingerprint density at radius 2 is 2.00 bits per heavy atom. The maximum absolute atomic E-state index is 11.8. The summed E-state index contributed by atoms with van der Waals surface area (Å²) in [6.45, 7) is 8.83. The maximum Gasteiger partial charge on any atom is 2.00 e. The molecule has 1 fully saturated rings. The number of carbonyl (C=O) groups is 1. The molecule has 0 aromatic carbocycles. The van der Waals surface area contributed by atoms with E-state index in [0.717, 1.165) is 25.7 Å². The molecule has 1 saturated carbocycles. The van der Waals surface area contributed by atoms with E-state index in [2.05, 4.69) is 32.9 Å². The van der Waals surface area contributed by atoms with E-state index < -0.39 is 11.4 Å². The van der Waals surface area contributed by atoms with Gasteiger partial charge >= 0.3 is 19.5 Å². The van der Waals surface area contributed by atoms with Crippen LogP contribution in [0.2, 0.25) is 0 Å². The molecular weight excluding hydrogens is 338 g/mol. The van der Waals surface area contributed by atoms with Gasteiger partial charge in [-0.3, -0.25) is 0 Å². The van der Waals surface area contributed by atoms with E-state index >= 15 is 0 Å². The van der Waals surface area contributed by atoms with Gasteiger partial charge < -0.3 is 9.90 Å². The van der Waals surface area contributed by atoms with Crippen molar-refractivity contribution in [1.82, 2.24) is 0 Å². The third kappa shape index (κ3) is 2.88. The standard InChI is InChI=1S/C20H30O2.Zn/c1-13(2)14-6-8-16-15(12-14)7-9-17-19(16,3)10-5-11-20(17,4)18(21)22;/h7,12-13,16-17H,5-6,8-11H2,1-4H3,(H,21,22);/q;+2/p-1/t16-,17+,19+,20+;/m0./s1. The molecule has 3 rings (SSSR count). The predicted molar refractivity (Wildman–Crippen MR) is 86.9 cm³/mol. The first-order chi connectivity index (χ1) is 10.3. The second-order valence-electron chi connectivity index (χ2n) is 8.52. The minimum absolute atomic E-state index is 0. The molecule has 23 heavy (non-hydrogen) atoms. The molecular formula is C20H29O2Zn+. The molecule has 0 spiro atoms. The normalized spacial score (nSPS) is 39.5. The summed E-state index contributed by atoms with van der Waals surface area (Å²) in [6, 6.07) is 0. The smallest absolute Gasteiger partial charge is 0.550 e. The van der Waals surface area contributed by atoms with E-state index in [1.165, 1.54) is 18.4 Å². The first kappa shape index (κ1) is 18.9. The number of carboxylic acid groups (broad SMARTS) is 1. The Balaban J connectivity index is 0.00000192. The van der Waals surface area contributed by atoms with Crippen molar-refractivity contribution in [1.29, 1.82) is 0 Å². The topological polar surface area (TPSA) is 40.1 Å². The summed E-state index contributed by atoms with van der Waals surface area (Å²) in [7, 11) is 0. The SMILES string of the molecule is CC(C)C1=CC2=CC[C@@H]3[C@](C)(CCC[C@@]3(C)C(=O)[O-])[C@H]2CC1.[Zn+2]. The molecule has 0 aromatic heterocycles. The Hall–Kier alpha value is -0.427. The number of hydrogen-bond donors (Lipinski definition) is 0. The van der Waals surface area contributed by atoms with Crippen LogP contribution in [0, 0.1) is 28.6 Å². The summed E-state index contributed by atoms with van der Waals surface area (Å²) >= 11 is 0. The van der Waals surface area contributed by atoms with E-state index in [1.54, 1.807) is 5.57 Å². The molecule has 2 nitrogen and oxygen atoms in total. The number of allylic oxidation sites excluding steroid dienone is 4. The van der Waals surface area contributed by atoms with Crippen molar-refractivity contribution < 1.29 is 29.4 Å². The van der Waals surface area contributed by atoms with Gasteiger partial charge in [0.25, 0.3) is 0 Å². The Kier molecular flexibility index (Phi) is 5.32. The Morgan fingerprint density at radius 1 is 1.30 bits per heavy atom. The monoisotopic (exact) mass is 365 g/mol. The average Bonchev–Trinajstić information content (AvgIpc) is 2.46.